The van der Waals surface area contributed by atoms with Crippen molar-refractivity contribution in [1.29, 1.82) is 0 Å². The summed E-state index contributed by atoms with van der Waals surface area (Å²) in [7, 11) is 0. The molecule has 1 unspecified atom stereocenters. The highest BCUT2D eigenvalue weighted by molar-refractivity contribution is 5.90. The Bertz CT molecular complexity index is 826. The number of hydrogen-bond donors (Lipinski definition) is 1. The molecule has 5 heteroatoms. The quantitative estimate of drug-likeness (QED) is 0.738. The molecule has 0 aliphatic carbocycles. The molecule has 0 fully saturated rings. The fourth-order valence-corrected chi connectivity index (χ4v) is 2.95. The van der Waals surface area contributed by atoms with Crippen molar-refractivity contribution in [2.24, 2.45) is 0 Å². The number of benzene rings is 2. The molecule has 0 saturated heterocycles. The van der Waals surface area contributed by atoms with Crippen molar-refractivity contribution < 1.29 is 8.78 Å². The summed E-state index contributed by atoms with van der Waals surface area (Å²) in [5.74, 6) is 0.307. The number of aromatic nitrogens is 2. The van der Waals surface area contributed by atoms with Gasteiger partial charge in [-0.3, -0.25) is 0 Å². The standard InChI is InChI=1S/C16H13F2N3/c17-11-3-1-2-10(8-11)15-6-7-19-16-13-5-4-12(18)9-14(13)20-21(15)16/h1-5,8-9,15,19H,6-7H2. The number of nitrogens with one attached hydrogen (secondary N) is 1. The summed E-state index contributed by atoms with van der Waals surface area (Å²) in [6, 6.07) is 11.1. The first kappa shape index (κ1) is 12.3. The molecule has 1 N–H and O–H groups in total. The molecule has 1 aromatic heterocycles. The van der Waals surface area contributed by atoms with Crippen LogP contribution in [0.3, 0.4) is 0 Å². The highest BCUT2D eigenvalue weighted by Gasteiger charge is 2.24. The predicted molar refractivity (Wildman–Crippen MR) is 77.3 cm³/mol. The van der Waals surface area contributed by atoms with Crippen molar-refractivity contribution >= 4 is 16.7 Å². The topological polar surface area (TPSA) is 29.9 Å². The Kier molecular flexibility index (Phi) is 2.67. The van der Waals surface area contributed by atoms with Gasteiger partial charge in [-0.05, 0) is 36.2 Å². The van der Waals surface area contributed by atoms with Crippen LogP contribution in [-0.2, 0) is 0 Å². The van der Waals surface area contributed by atoms with Crippen LogP contribution in [0.1, 0.15) is 18.0 Å². The summed E-state index contributed by atoms with van der Waals surface area (Å²) in [5, 5.41) is 8.68. The van der Waals surface area contributed by atoms with Gasteiger partial charge in [0.15, 0.2) is 0 Å². The van der Waals surface area contributed by atoms with Crippen LogP contribution in [0, 0.1) is 11.6 Å². The van der Waals surface area contributed by atoms with Gasteiger partial charge in [0.05, 0.1) is 11.6 Å². The molecule has 3 nitrogen and oxygen atoms in total. The van der Waals surface area contributed by atoms with Crippen LogP contribution in [0.2, 0.25) is 0 Å². The largest absolute Gasteiger partial charge is 0.370 e. The lowest BCUT2D eigenvalue weighted by Gasteiger charge is -2.26. The number of halogens is 2. The maximum atomic E-state index is 13.5. The van der Waals surface area contributed by atoms with Gasteiger partial charge in [-0.2, -0.15) is 5.10 Å². The van der Waals surface area contributed by atoms with Crippen LogP contribution in [-0.4, -0.2) is 16.3 Å². The van der Waals surface area contributed by atoms with Gasteiger partial charge in [0.25, 0.3) is 0 Å². The van der Waals surface area contributed by atoms with Crippen LogP contribution in [0.15, 0.2) is 42.5 Å². The Morgan fingerprint density at radius 2 is 1.95 bits per heavy atom. The summed E-state index contributed by atoms with van der Waals surface area (Å²) in [5.41, 5.74) is 1.49. The third-order valence-electron chi connectivity index (χ3n) is 3.90. The monoisotopic (exact) mass is 285 g/mol. The SMILES string of the molecule is Fc1cccc(C2CCNc3c4ccc(F)cc4nn32)c1. The molecule has 1 aliphatic rings. The third-order valence-corrected chi connectivity index (χ3v) is 3.90. The zero-order valence-corrected chi connectivity index (χ0v) is 11.2. The van der Waals surface area contributed by atoms with Crippen LogP contribution >= 0.6 is 0 Å². The summed E-state index contributed by atoms with van der Waals surface area (Å²) in [6.45, 7) is 0.777. The first-order valence-electron chi connectivity index (χ1n) is 6.89. The highest BCUT2D eigenvalue weighted by Crippen LogP contribution is 2.34. The molecule has 2 aromatic carbocycles. The molecule has 1 atom stereocenters. The first-order chi connectivity index (χ1) is 10.2. The van der Waals surface area contributed by atoms with E-state index in [1.165, 1.54) is 24.3 Å². The molecular weight excluding hydrogens is 272 g/mol. The van der Waals surface area contributed by atoms with E-state index in [0.29, 0.717) is 5.52 Å². The normalized spacial score (nSPS) is 17.5. The van der Waals surface area contributed by atoms with Gasteiger partial charge in [0.2, 0.25) is 0 Å². The predicted octanol–water partition coefficient (Wildman–Crippen LogP) is 3.72. The van der Waals surface area contributed by atoms with Crippen LogP contribution in [0.4, 0.5) is 14.6 Å². The summed E-state index contributed by atoms with van der Waals surface area (Å²) in [4.78, 5) is 0. The molecule has 106 valence electrons. The molecule has 21 heavy (non-hydrogen) atoms. The fourth-order valence-electron chi connectivity index (χ4n) is 2.95. The fraction of sp³-hybridized carbons (Fsp3) is 0.188. The molecule has 1 aliphatic heterocycles. The average molecular weight is 285 g/mol. The molecule has 2 heterocycles. The van der Waals surface area contributed by atoms with E-state index in [4.69, 9.17) is 0 Å². The van der Waals surface area contributed by atoms with Crippen molar-refractivity contribution in [3.8, 4) is 0 Å². The van der Waals surface area contributed by atoms with E-state index in [9.17, 15) is 8.78 Å². The second-order valence-corrected chi connectivity index (χ2v) is 5.24. The van der Waals surface area contributed by atoms with Gasteiger partial charge in [-0.25, -0.2) is 13.5 Å². The van der Waals surface area contributed by atoms with Gasteiger partial charge < -0.3 is 5.32 Å². The first-order valence-corrected chi connectivity index (χ1v) is 6.89. The van der Waals surface area contributed by atoms with Crippen molar-refractivity contribution in [3.05, 3.63) is 59.7 Å². The Hall–Kier alpha value is -2.43. The highest BCUT2D eigenvalue weighted by atomic mass is 19.1. The molecular formula is C16H13F2N3. The smallest absolute Gasteiger partial charge is 0.132 e. The van der Waals surface area contributed by atoms with Crippen molar-refractivity contribution in [1.82, 2.24) is 9.78 Å². The second-order valence-electron chi connectivity index (χ2n) is 5.24. The van der Waals surface area contributed by atoms with Gasteiger partial charge in [-0.1, -0.05) is 12.1 Å². The van der Waals surface area contributed by atoms with Gasteiger partial charge >= 0.3 is 0 Å². The minimum Gasteiger partial charge on any atom is -0.370 e. The number of hydrogen-bond acceptors (Lipinski definition) is 2. The van der Waals surface area contributed by atoms with E-state index >= 15 is 0 Å². The second kappa shape index (κ2) is 4.55. The minimum absolute atomic E-state index is 0.0348. The number of fused-ring (bicyclic) bond motifs is 3. The molecule has 0 amide bonds. The van der Waals surface area contributed by atoms with Crippen LogP contribution < -0.4 is 5.32 Å². The van der Waals surface area contributed by atoms with Crippen molar-refractivity contribution in [3.63, 3.8) is 0 Å². The summed E-state index contributed by atoms with van der Waals surface area (Å²) in [6.07, 6.45) is 0.812. The van der Waals surface area contributed by atoms with Gasteiger partial charge in [0, 0.05) is 18.0 Å². The van der Waals surface area contributed by atoms with E-state index in [1.54, 1.807) is 12.1 Å². The third kappa shape index (κ3) is 1.96. The molecule has 0 saturated carbocycles. The Morgan fingerprint density at radius 3 is 2.81 bits per heavy atom. The zero-order valence-electron chi connectivity index (χ0n) is 11.2. The molecule has 4 rings (SSSR count). The lowest BCUT2D eigenvalue weighted by atomic mass is 10.0. The number of nitrogens with zero attached hydrogens (tertiary/aromatic N) is 2. The van der Waals surface area contributed by atoms with Gasteiger partial charge in [0.1, 0.15) is 17.5 Å². The van der Waals surface area contributed by atoms with Crippen molar-refractivity contribution in [2.45, 2.75) is 12.5 Å². The number of rotatable bonds is 1. The lowest BCUT2D eigenvalue weighted by Crippen LogP contribution is -2.24. The molecule has 0 spiro atoms. The number of anilines is 1. The maximum Gasteiger partial charge on any atom is 0.132 e. The van der Waals surface area contributed by atoms with Crippen LogP contribution in [0.25, 0.3) is 10.9 Å². The Labute approximate surface area is 120 Å². The lowest BCUT2D eigenvalue weighted by molar-refractivity contribution is 0.482. The van der Waals surface area contributed by atoms with Crippen molar-refractivity contribution in [2.75, 3.05) is 11.9 Å². The maximum absolute atomic E-state index is 13.5. The van der Waals surface area contributed by atoms with E-state index in [1.807, 2.05) is 10.7 Å². The van der Waals surface area contributed by atoms with Crippen LogP contribution in [0.5, 0.6) is 0 Å². The zero-order chi connectivity index (χ0) is 14.4. The Balaban J connectivity index is 1.90. The summed E-state index contributed by atoms with van der Waals surface area (Å²) >= 11 is 0. The molecule has 0 bridgehead atoms. The average Bonchev–Trinajstić information content (AvgIpc) is 2.84. The molecule has 0 radical (unpaired) electrons. The van der Waals surface area contributed by atoms with E-state index in [2.05, 4.69) is 10.4 Å². The van der Waals surface area contributed by atoms with E-state index in [-0.39, 0.29) is 17.7 Å². The van der Waals surface area contributed by atoms with E-state index in [0.717, 1.165) is 29.7 Å². The van der Waals surface area contributed by atoms with E-state index < -0.39 is 0 Å². The minimum atomic E-state index is -0.305. The Morgan fingerprint density at radius 1 is 1.10 bits per heavy atom. The summed E-state index contributed by atoms with van der Waals surface area (Å²) < 4.78 is 28.7. The van der Waals surface area contributed by atoms with Gasteiger partial charge in [-0.15, -0.1) is 0 Å². The molecule has 3 aromatic rings.